The van der Waals surface area contributed by atoms with Crippen LogP contribution >= 0.6 is 0 Å². The van der Waals surface area contributed by atoms with Gasteiger partial charge in [0.15, 0.2) is 0 Å². The molecule has 9 heavy (non-hydrogen) atoms. The Balaban J connectivity index is 3.50. The molecule has 0 aliphatic carbocycles. The minimum absolute atomic E-state index is 0.745. The Bertz CT molecular complexity index is 57.6. The smallest absolute Gasteiger partial charge is 0.00464 e. The molecule has 56 valence electrons. The number of hydrogen-bond donors (Lipinski definition) is 1. The van der Waals surface area contributed by atoms with Crippen LogP contribution in [0, 0.1) is 11.8 Å². The third-order valence-electron chi connectivity index (χ3n) is 2.28. The molecule has 0 aliphatic heterocycles. The average molecular weight is 129 g/mol. The highest BCUT2D eigenvalue weighted by Crippen LogP contribution is 2.16. The van der Waals surface area contributed by atoms with Crippen molar-refractivity contribution in [1.29, 1.82) is 0 Å². The van der Waals surface area contributed by atoms with E-state index in [1.54, 1.807) is 0 Å². The molecule has 0 aliphatic rings. The van der Waals surface area contributed by atoms with Crippen LogP contribution in [0.5, 0.6) is 0 Å². The zero-order valence-electron chi connectivity index (χ0n) is 6.85. The van der Waals surface area contributed by atoms with Gasteiger partial charge in [-0.15, -0.1) is 0 Å². The zero-order chi connectivity index (χ0) is 7.28. The Morgan fingerprint density at radius 3 is 1.89 bits per heavy atom. The van der Waals surface area contributed by atoms with Crippen LogP contribution in [0.1, 0.15) is 33.6 Å². The molecule has 0 fully saturated rings. The highest BCUT2D eigenvalue weighted by molar-refractivity contribution is 4.63. The third kappa shape index (κ3) is 2.85. The molecule has 1 heteroatoms. The monoisotopic (exact) mass is 129 g/mol. The van der Waals surface area contributed by atoms with E-state index in [4.69, 9.17) is 5.73 Å². The highest BCUT2D eigenvalue weighted by atomic mass is 14.5. The van der Waals surface area contributed by atoms with E-state index in [0.29, 0.717) is 0 Å². The molecular weight excluding hydrogens is 110 g/mol. The molecule has 0 bridgehead atoms. The summed E-state index contributed by atoms with van der Waals surface area (Å²) in [7, 11) is 0. The number of rotatable bonds is 4. The first-order chi connectivity index (χ1) is 4.26. The van der Waals surface area contributed by atoms with Gasteiger partial charge in [0.25, 0.3) is 0 Å². The van der Waals surface area contributed by atoms with Crippen molar-refractivity contribution < 1.29 is 0 Å². The van der Waals surface area contributed by atoms with Crippen molar-refractivity contribution in [2.45, 2.75) is 33.6 Å². The van der Waals surface area contributed by atoms with E-state index in [-0.39, 0.29) is 0 Å². The second kappa shape index (κ2) is 4.80. The lowest BCUT2D eigenvalue weighted by Crippen LogP contribution is -2.20. The largest absolute Gasteiger partial charge is 0.330 e. The lowest BCUT2D eigenvalue weighted by atomic mass is 9.90. The molecule has 0 saturated carbocycles. The Hall–Kier alpha value is -0.0400. The first-order valence-electron chi connectivity index (χ1n) is 3.96. The molecule has 0 saturated heterocycles. The maximum absolute atomic E-state index is 5.56. The number of nitrogens with two attached hydrogens (primary N) is 1. The van der Waals surface area contributed by atoms with E-state index in [9.17, 15) is 0 Å². The lowest BCUT2D eigenvalue weighted by Gasteiger charge is -2.18. The minimum Gasteiger partial charge on any atom is -0.330 e. The molecule has 0 rings (SSSR count). The van der Waals surface area contributed by atoms with Crippen molar-refractivity contribution in [3.63, 3.8) is 0 Å². The second-order valence-electron chi connectivity index (χ2n) is 2.79. The predicted molar refractivity (Wildman–Crippen MR) is 42.3 cm³/mol. The highest BCUT2D eigenvalue weighted by Gasteiger charge is 2.10. The predicted octanol–water partition coefficient (Wildman–Crippen LogP) is 2.02. The van der Waals surface area contributed by atoms with Gasteiger partial charge < -0.3 is 5.73 Å². The summed E-state index contributed by atoms with van der Waals surface area (Å²) in [6.07, 6.45) is 2.49. The van der Waals surface area contributed by atoms with Gasteiger partial charge in [0.05, 0.1) is 0 Å². The summed E-state index contributed by atoms with van der Waals surface area (Å²) < 4.78 is 0. The van der Waals surface area contributed by atoms with E-state index in [2.05, 4.69) is 20.8 Å². The first-order valence-corrected chi connectivity index (χ1v) is 3.96. The van der Waals surface area contributed by atoms with Crippen LogP contribution in [0.15, 0.2) is 0 Å². The second-order valence-corrected chi connectivity index (χ2v) is 2.79. The van der Waals surface area contributed by atoms with Crippen LogP contribution in [0.25, 0.3) is 0 Å². The Morgan fingerprint density at radius 2 is 1.78 bits per heavy atom. The molecule has 0 aromatic rings. The van der Waals surface area contributed by atoms with E-state index in [1.165, 1.54) is 12.8 Å². The minimum atomic E-state index is 0.745. The molecule has 1 nitrogen and oxygen atoms in total. The van der Waals surface area contributed by atoms with Crippen LogP contribution < -0.4 is 5.73 Å². The fourth-order valence-corrected chi connectivity index (χ4v) is 1.13. The van der Waals surface area contributed by atoms with Gasteiger partial charge in [-0.3, -0.25) is 0 Å². The maximum atomic E-state index is 5.56. The van der Waals surface area contributed by atoms with Gasteiger partial charge in [0.1, 0.15) is 0 Å². The van der Waals surface area contributed by atoms with Gasteiger partial charge in [0.2, 0.25) is 0 Å². The third-order valence-corrected chi connectivity index (χ3v) is 2.28. The maximum Gasteiger partial charge on any atom is -0.00464 e. The molecule has 1 unspecified atom stereocenters. The van der Waals surface area contributed by atoms with Gasteiger partial charge >= 0.3 is 0 Å². The van der Waals surface area contributed by atoms with Gasteiger partial charge in [-0.1, -0.05) is 33.6 Å². The van der Waals surface area contributed by atoms with Crippen molar-refractivity contribution in [2.24, 2.45) is 17.6 Å². The summed E-state index contributed by atoms with van der Waals surface area (Å²) >= 11 is 0. The van der Waals surface area contributed by atoms with Gasteiger partial charge in [-0.25, -0.2) is 0 Å². The molecule has 0 aromatic carbocycles. The molecular formula is C8H19N. The topological polar surface area (TPSA) is 26.0 Å². The summed E-state index contributed by atoms with van der Waals surface area (Å²) in [5.41, 5.74) is 5.56. The Labute approximate surface area is 58.6 Å². The Kier molecular flexibility index (Phi) is 4.78. The summed E-state index contributed by atoms with van der Waals surface area (Å²) in [6.45, 7) is 7.57. The van der Waals surface area contributed by atoms with Crippen molar-refractivity contribution >= 4 is 0 Å². The van der Waals surface area contributed by atoms with Crippen molar-refractivity contribution in [3.8, 4) is 0 Å². The van der Waals surface area contributed by atoms with E-state index in [1.807, 2.05) is 0 Å². The molecule has 0 spiro atoms. The Morgan fingerprint density at radius 1 is 1.22 bits per heavy atom. The molecule has 0 heterocycles. The van der Waals surface area contributed by atoms with Crippen molar-refractivity contribution in [3.05, 3.63) is 0 Å². The van der Waals surface area contributed by atoms with Gasteiger partial charge in [-0.05, 0) is 18.4 Å². The normalized spacial score (nSPS) is 17.3. The zero-order valence-corrected chi connectivity index (χ0v) is 6.85. The molecule has 0 radical (unpaired) electrons. The van der Waals surface area contributed by atoms with Crippen LogP contribution in [-0.2, 0) is 0 Å². The summed E-state index contributed by atoms with van der Waals surface area (Å²) in [5.74, 6) is 1.55. The quantitative estimate of drug-likeness (QED) is 0.617. The average Bonchev–Trinajstić information content (AvgIpc) is 1.90. The van der Waals surface area contributed by atoms with Gasteiger partial charge in [0, 0.05) is 0 Å². The fourth-order valence-electron chi connectivity index (χ4n) is 1.13. The molecule has 2 atom stereocenters. The SMILES string of the molecule is CCC(C)[C@@H](CC)CN. The van der Waals surface area contributed by atoms with Crippen LogP contribution in [0.4, 0.5) is 0 Å². The molecule has 0 amide bonds. The summed E-state index contributed by atoms with van der Waals surface area (Å²) in [4.78, 5) is 0. The summed E-state index contributed by atoms with van der Waals surface area (Å²) in [6, 6.07) is 0. The van der Waals surface area contributed by atoms with Crippen LogP contribution in [-0.4, -0.2) is 6.54 Å². The molecule has 2 N–H and O–H groups in total. The van der Waals surface area contributed by atoms with Crippen molar-refractivity contribution in [2.75, 3.05) is 6.54 Å². The van der Waals surface area contributed by atoms with Crippen LogP contribution in [0.3, 0.4) is 0 Å². The van der Waals surface area contributed by atoms with E-state index >= 15 is 0 Å². The van der Waals surface area contributed by atoms with Gasteiger partial charge in [-0.2, -0.15) is 0 Å². The molecule has 0 aromatic heterocycles. The standard InChI is InChI=1S/C8H19N/c1-4-7(3)8(5-2)6-9/h7-8H,4-6,9H2,1-3H3/t7?,8-/m0/s1. The van der Waals surface area contributed by atoms with E-state index in [0.717, 1.165) is 18.4 Å². The fraction of sp³-hybridized carbons (Fsp3) is 1.00. The summed E-state index contributed by atoms with van der Waals surface area (Å²) in [5, 5.41) is 0. The lowest BCUT2D eigenvalue weighted by molar-refractivity contribution is 0.346. The number of hydrogen-bond acceptors (Lipinski definition) is 1. The van der Waals surface area contributed by atoms with Crippen molar-refractivity contribution in [1.82, 2.24) is 0 Å². The first kappa shape index (κ1) is 8.96. The van der Waals surface area contributed by atoms with E-state index < -0.39 is 0 Å². The van der Waals surface area contributed by atoms with Crippen LogP contribution in [0.2, 0.25) is 0 Å².